The number of rotatable bonds is 5. The van der Waals surface area contributed by atoms with Gasteiger partial charge >= 0.3 is 0 Å². The van der Waals surface area contributed by atoms with E-state index in [-0.39, 0.29) is 23.9 Å². The molecule has 2 amide bonds. The van der Waals surface area contributed by atoms with Crippen LogP contribution < -0.4 is 5.32 Å². The van der Waals surface area contributed by atoms with Crippen molar-refractivity contribution in [1.82, 2.24) is 10.2 Å². The molecule has 0 radical (unpaired) electrons. The van der Waals surface area contributed by atoms with E-state index in [0.717, 1.165) is 14.9 Å². The van der Waals surface area contributed by atoms with Gasteiger partial charge in [-0.1, -0.05) is 34.1 Å². The van der Waals surface area contributed by atoms with Gasteiger partial charge in [0.1, 0.15) is 0 Å². The molecule has 0 saturated heterocycles. The minimum absolute atomic E-state index is 0.0131. The minimum Gasteiger partial charge on any atom is -0.350 e. The molecule has 1 heterocycles. The van der Waals surface area contributed by atoms with E-state index in [1.165, 1.54) is 16.2 Å². The molecule has 0 bridgehead atoms. The van der Waals surface area contributed by atoms with Crippen molar-refractivity contribution in [3.8, 4) is 0 Å². The molecular formula is C20H23BrN2O2S. The van der Waals surface area contributed by atoms with Gasteiger partial charge in [-0.25, -0.2) is 0 Å². The number of amides is 2. The molecule has 1 aromatic heterocycles. The lowest BCUT2D eigenvalue weighted by Crippen LogP contribution is -2.46. The van der Waals surface area contributed by atoms with Crippen molar-refractivity contribution in [2.24, 2.45) is 0 Å². The number of nitrogens with one attached hydrogen (secondary N) is 1. The maximum absolute atomic E-state index is 13.0. The summed E-state index contributed by atoms with van der Waals surface area (Å²) in [7, 11) is 1.65. The zero-order valence-electron chi connectivity index (χ0n) is 15.4. The fourth-order valence-corrected chi connectivity index (χ4v) is 3.34. The van der Waals surface area contributed by atoms with Crippen molar-refractivity contribution in [3.05, 3.63) is 56.7 Å². The summed E-state index contributed by atoms with van der Waals surface area (Å²) in [5.74, 6) is -0.359. The van der Waals surface area contributed by atoms with Gasteiger partial charge in [0.25, 0.3) is 5.91 Å². The van der Waals surface area contributed by atoms with Gasteiger partial charge in [-0.05, 0) is 56.0 Å². The van der Waals surface area contributed by atoms with Crippen LogP contribution in [0.1, 0.15) is 31.2 Å². The van der Waals surface area contributed by atoms with Crippen LogP contribution in [0.4, 0.5) is 0 Å². The molecule has 2 rings (SSSR count). The third-order valence-corrected chi connectivity index (χ3v) is 4.87. The third-order valence-electron chi connectivity index (χ3n) is 3.44. The largest absolute Gasteiger partial charge is 0.350 e. The SMILES string of the molecule is CN(CC(=O)NC(C)(C)C)C(=O)C(=Cc1ccc(Br)cc1)c1cccs1. The summed E-state index contributed by atoms with van der Waals surface area (Å²) >= 11 is 4.92. The molecule has 1 aromatic carbocycles. The average molecular weight is 435 g/mol. The van der Waals surface area contributed by atoms with Crippen LogP contribution in [-0.2, 0) is 9.59 Å². The number of hydrogen-bond acceptors (Lipinski definition) is 3. The summed E-state index contributed by atoms with van der Waals surface area (Å²) in [6, 6.07) is 11.6. The van der Waals surface area contributed by atoms with Gasteiger partial charge in [-0.3, -0.25) is 9.59 Å². The summed E-state index contributed by atoms with van der Waals surface area (Å²) in [6.45, 7) is 5.75. The number of carbonyl (C=O) groups excluding carboxylic acids is 2. The molecule has 0 fully saturated rings. The van der Waals surface area contributed by atoms with Gasteiger partial charge in [-0.15, -0.1) is 11.3 Å². The lowest BCUT2D eigenvalue weighted by molar-refractivity contribution is -0.131. The second-order valence-electron chi connectivity index (χ2n) is 7.05. The Kier molecular flexibility index (Phi) is 6.78. The molecule has 0 aliphatic rings. The highest BCUT2D eigenvalue weighted by Crippen LogP contribution is 2.25. The Morgan fingerprint density at radius 1 is 1.19 bits per heavy atom. The van der Waals surface area contributed by atoms with Crippen LogP contribution in [0.15, 0.2) is 46.3 Å². The van der Waals surface area contributed by atoms with Crippen molar-refractivity contribution in [2.75, 3.05) is 13.6 Å². The summed E-state index contributed by atoms with van der Waals surface area (Å²) in [5, 5.41) is 4.81. The molecular weight excluding hydrogens is 412 g/mol. The van der Waals surface area contributed by atoms with Crippen LogP contribution in [-0.4, -0.2) is 35.8 Å². The number of likely N-dealkylation sites (N-methyl/N-ethyl adjacent to an activating group) is 1. The van der Waals surface area contributed by atoms with Crippen molar-refractivity contribution in [2.45, 2.75) is 26.3 Å². The quantitative estimate of drug-likeness (QED) is 0.707. The number of benzene rings is 1. The summed E-state index contributed by atoms with van der Waals surface area (Å²) in [6.07, 6.45) is 1.86. The van der Waals surface area contributed by atoms with Crippen molar-refractivity contribution in [3.63, 3.8) is 0 Å². The highest BCUT2D eigenvalue weighted by molar-refractivity contribution is 9.10. The maximum Gasteiger partial charge on any atom is 0.255 e. The molecule has 0 unspecified atom stereocenters. The zero-order valence-corrected chi connectivity index (χ0v) is 17.8. The standard InChI is InChI=1S/C20H23BrN2O2S/c1-20(2,3)22-18(24)13-23(4)19(25)16(17-6-5-11-26-17)12-14-7-9-15(21)10-8-14/h5-12H,13H2,1-4H3,(H,22,24). The Labute approximate surface area is 167 Å². The Morgan fingerprint density at radius 2 is 1.85 bits per heavy atom. The Hall–Kier alpha value is -1.92. The van der Waals surface area contributed by atoms with Gasteiger partial charge in [-0.2, -0.15) is 0 Å². The van der Waals surface area contributed by atoms with Gasteiger partial charge in [0.05, 0.1) is 12.1 Å². The van der Waals surface area contributed by atoms with Crippen LogP contribution in [0.2, 0.25) is 0 Å². The van der Waals surface area contributed by atoms with E-state index in [0.29, 0.717) is 5.57 Å². The lowest BCUT2D eigenvalue weighted by atomic mass is 10.1. The first kappa shape index (κ1) is 20.4. The van der Waals surface area contributed by atoms with Gasteiger partial charge in [0.2, 0.25) is 5.91 Å². The van der Waals surface area contributed by atoms with Crippen LogP contribution in [0.3, 0.4) is 0 Å². The normalized spacial score (nSPS) is 12.0. The molecule has 1 N–H and O–H groups in total. The average Bonchev–Trinajstić information content (AvgIpc) is 3.06. The summed E-state index contributed by atoms with van der Waals surface area (Å²) < 4.78 is 0.981. The molecule has 6 heteroatoms. The van der Waals surface area contributed by atoms with Crippen LogP contribution in [0, 0.1) is 0 Å². The van der Waals surface area contributed by atoms with E-state index in [1.54, 1.807) is 7.05 Å². The summed E-state index contributed by atoms with van der Waals surface area (Å²) in [5.41, 5.74) is 1.18. The van der Waals surface area contributed by atoms with E-state index in [9.17, 15) is 9.59 Å². The van der Waals surface area contributed by atoms with Crippen LogP contribution in [0.5, 0.6) is 0 Å². The molecule has 0 aliphatic carbocycles. The van der Waals surface area contributed by atoms with E-state index in [1.807, 2.05) is 68.6 Å². The van der Waals surface area contributed by atoms with Crippen LogP contribution >= 0.6 is 27.3 Å². The van der Waals surface area contributed by atoms with Gasteiger partial charge in [0.15, 0.2) is 0 Å². The molecule has 138 valence electrons. The zero-order chi connectivity index (χ0) is 19.3. The highest BCUT2D eigenvalue weighted by Gasteiger charge is 2.21. The predicted octanol–water partition coefficient (Wildman–Crippen LogP) is 4.42. The van der Waals surface area contributed by atoms with Crippen LogP contribution in [0.25, 0.3) is 11.6 Å². The Morgan fingerprint density at radius 3 is 2.38 bits per heavy atom. The Balaban J connectivity index is 2.24. The number of nitrogens with zero attached hydrogens (tertiary/aromatic N) is 1. The first-order valence-corrected chi connectivity index (χ1v) is 9.90. The number of hydrogen-bond donors (Lipinski definition) is 1. The van der Waals surface area contributed by atoms with Crippen molar-refractivity contribution in [1.29, 1.82) is 0 Å². The minimum atomic E-state index is -0.329. The van der Waals surface area contributed by atoms with Gasteiger partial charge in [0, 0.05) is 21.9 Å². The number of thiophene rings is 1. The number of carbonyl (C=O) groups is 2. The molecule has 0 aliphatic heterocycles. The fourth-order valence-electron chi connectivity index (χ4n) is 2.35. The molecule has 4 nitrogen and oxygen atoms in total. The second kappa shape index (κ2) is 8.64. The van der Waals surface area contributed by atoms with E-state index >= 15 is 0 Å². The molecule has 0 atom stereocenters. The second-order valence-corrected chi connectivity index (χ2v) is 8.91. The lowest BCUT2D eigenvalue weighted by Gasteiger charge is -2.24. The molecule has 0 saturated carbocycles. The van der Waals surface area contributed by atoms with E-state index < -0.39 is 0 Å². The Bertz CT molecular complexity index is 790. The number of halogens is 1. The third kappa shape index (κ3) is 6.11. The molecule has 0 spiro atoms. The molecule has 26 heavy (non-hydrogen) atoms. The topological polar surface area (TPSA) is 49.4 Å². The monoisotopic (exact) mass is 434 g/mol. The molecule has 2 aromatic rings. The van der Waals surface area contributed by atoms with E-state index in [2.05, 4.69) is 21.2 Å². The maximum atomic E-state index is 13.0. The smallest absolute Gasteiger partial charge is 0.255 e. The first-order valence-electron chi connectivity index (χ1n) is 8.23. The van der Waals surface area contributed by atoms with E-state index in [4.69, 9.17) is 0 Å². The highest BCUT2D eigenvalue weighted by atomic mass is 79.9. The summed E-state index contributed by atoms with van der Waals surface area (Å²) in [4.78, 5) is 27.5. The van der Waals surface area contributed by atoms with Crippen molar-refractivity contribution < 1.29 is 9.59 Å². The van der Waals surface area contributed by atoms with Crippen molar-refractivity contribution >= 4 is 50.7 Å². The fraction of sp³-hybridized carbons (Fsp3) is 0.300. The predicted molar refractivity (Wildman–Crippen MR) is 112 cm³/mol. The first-order chi connectivity index (χ1) is 12.2. The van der Waals surface area contributed by atoms with Gasteiger partial charge < -0.3 is 10.2 Å².